The summed E-state index contributed by atoms with van der Waals surface area (Å²) in [6.45, 7) is 2.48. The van der Waals surface area contributed by atoms with Crippen LogP contribution in [0.15, 0.2) is 69.6 Å². The molecular formula is C23H19Br2ClF2N2O2. The van der Waals surface area contributed by atoms with E-state index < -0.39 is 11.6 Å². The molecule has 32 heavy (non-hydrogen) atoms. The predicted octanol–water partition coefficient (Wildman–Crippen LogP) is 6.51. The van der Waals surface area contributed by atoms with E-state index in [-0.39, 0.29) is 23.9 Å². The molecule has 3 rings (SSSR count). The third-order valence-electron chi connectivity index (χ3n) is 4.05. The van der Waals surface area contributed by atoms with Crippen LogP contribution in [0.1, 0.15) is 33.2 Å². The van der Waals surface area contributed by atoms with Gasteiger partial charge in [-0.2, -0.15) is 0 Å². The van der Waals surface area contributed by atoms with E-state index in [1.54, 1.807) is 42.5 Å². The standard InChI is InChI=1S/C14H10BrF2NO.C9H9BrClNO/c15-11-3-1-2-9(6-11)14(19)18-8-10-4-5-12(16)7-13(10)17;1-2-12-9(13)7-5-6(10)3-4-8(7)11/h1-7H,8H2,(H,18,19);3-5H,2H2,1H3,(H,12,13). The van der Waals surface area contributed by atoms with Crippen molar-refractivity contribution in [2.45, 2.75) is 13.5 Å². The molecule has 0 saturated heterocycles. The monoisotopic (exact) mass is 586 g/mol. The first kappa shape index (κ1) is 26.0. The first-order valence-electron chi connectivity index (χ1n) is 9.42. The van der Waals surface area contributed by atoms with Gasteiger partial charge in [0.1, 0.15) is 11.6 Å². The molecule has 0 radical (unpaired) electrons. The van der Waals surface area contributed by atoms with Crippen molar-refractivity contribution in [3.8, 4) is 0 Å². The predicted molar refractivity (Wildman–Crippen MR) is 129 cm³/mol. The Morgan fingerprint density at radius 1 is 0.906 bits per heavy atom. The highest BCUT2D eigenvalue weighted by molar-refractivity contribution is 9.10. The van der Waals surface area contributed by atoms with E-state index in [9.17, 15) is 18.4 Å². The zero-order chi connectivity index (χ0) is 23.7. The Morgan fingerprint density at radius 3 is 2.28 bits per heavy atom. The van der Waals surface area contributed by atoms with Gasteiger partial charge in [0.05, 0.1) is 10.6 Å². The minimum absolute atomic E-state index is 0.0114. The van der Waals surface area contributed by atoms with Crippen LogP contribution < -0.4 is 10.6 Å². The van der Waals surface area contributed by atoms with Gasteiger partial charge < -0.3 is 10.6 Å². The second-order valence-electron chi connectivity index (χ2n) is 6.41. The molecule has 2 amide bonds. The number of hydrogen-bond donors (Lipinski definition) is 2. The van der Waals surface area contributed by atoms with Gasteiger partial charge in [-0.05, 0) is 49.4 Å². The van der Waals surface area contributed by atoms with Gasteiger partial charge in [0, 0.05) is 39.2 Å². The van der Waals surface area contributed by atoms with Crippen LogP contribution in [-0.2, 0) is 6.54 Å². The summed E-state index contributed by atoms with van der Waals surface area (Å²) in [7, 11) is 0. The molecule has 0 heterocycles. The van der Waals surface area contributed by atoms with Gasteiger partial charge >= 0.3 is 0 Å². The summed E-state index contributed by atoms with van der Waals surface area (Å²) in [6, 6.07) is 15.3. The zero-order valence-corrected chi connectivity index (χ0v) is 20.8. The molecule has 0 unspecified atom stereocenters. The normalized spacial score (nSPS) is 10.1. The maximum atomic E-state index is 13.4. The molecule has 168 valence electrons. The van der Waals surface area contributed by atoms with E-state index in [1.165, 1.54) is 6.07 Å². The number of halogens is 5. The SMILES string of the molecule is CCNC(=O)c1cc(Br)ccc1Cl.O=C(NCc1ccc(F)cc1F)c1cccc(Br)c1. The van der Waals surface area contributed by atoms with Gasteiger partial charge in [0.25, 0.3) is 11.8 Å². The maximum Gasteiger partial charge on any atom is 0.252 e. The van der Waals surface area contributed by atoms with Crippen molar-refractivity contribution < 1.29 is 18.4 Å². The van der Waals surface area contributed by atoms with Crippen LogP contribution in [-0.4, -0.2) is 18.4 Å². The molecular weight excluding hydrogens is 570 g/mol. The van der Waals surface area contributed by atoms with Gasteiger partial charge in [0.15, 0.2) is 0 Å². The van der Waals surface area contributed by atoms with Crippen molar-refractivity contribution in [2.75, 3.05) is 6.54 Å². The first-order valence-corrected chi connectivity index (χ1v) is 11.4. The minimum Gasteiger partial charge on any atom is -0.352 e. The molecule has 0 aliphatic carbocycles. The minimum atomic E-state index is -0.672. The van der Waals surface area contributed by atoms with Gasteiger partial charge in [-0.25, -0.2) is 8.78 Å². The van der Waals surface area contributed by atoms with Crippen LogP contribution in [0.4, 0.5) is 8.78 Å². The van der Waals surface area contributed by atoms with E-state index in [4.69, 9.17) is 11.6 Å². The molecule has 3 aromatic rings. The summed E-state index contributed by atoms with van der Waals surface area (Å²) < 4.78 is 27.7. The number of carbonyl (C=O) groups is 2. The largest absolute Gasteiger partial charge is 0.352 e. The average Bonchev–Trinajstić information content (AvgIpc) is 2.75. The van der Waals surface area contributed by atoms with Crippen molar-refractivity contribution in [1.82, 2.24) is 10.6 Å². The third-order valence-corrected chi connectivity index (χ3v) is 5.37. The van der Waals surface area contributed by atoms with Gasteiger partial charge in [-0.1, -0.05) is 55.6 Å². The van der Waals surface area contributed by atoms with Gasteiger partial charge in [0.2, 0.25) is 0 Å². The quantitative estimate of drug-likeness (QED) is 0.357. The molecule has 0 atom stereocenters. The average molecular weight is 589 g/mol. The van der Waals surface area contributed by atoms with E-state index in [0.29, 0.717) is 22.7 Å². The fourth-order valence-electron chi connectivity index (χ4n) is 2.50. The number of hydrogen-bond acceptors (Lipinski definition) is 2. The second kappa shape index (κ2) is 12.7. The summed E-state index contributed by atoms with van der Waals surface area (Å²) in [5.41, 5.74) is 1.21. The lowest BCUT2D eigenvalue weighted by Gasteiger charge is -2.06. The van der Waals surface area contributed by atoms with E-state index >= 15 is 0 Å². The lowest BCUT2D eigenvalue weighted by molar-refractivity contribution is 0.0944. The number of nitrogens with one attached hydrogen (secondary N) is 2. The maximum absolute atomic E-state index is 13.4. The first-order chi connectivity index (χ1) is 15.2. The van der Waals surface area contributed by atoms with Crippen molar-refractivity contribution in [2.24, 2.45) is 0 Å². The number of benzene rings is 3. The summed E-state index contributed by atoms with van der Waals surface area (Å²) in [5, 5.41) is 5.73. The number of amides is 2. The lowest BCUT2D eigenvalue weighted by atomic mass is 10.2. The fraction of sp³-hybridized carbons (Fsp3) is 0.130. The molecule has 0 aromatic heterocycles. The summed E-state index contributed by atoms with van der Waals surface area (Å²) >= 11 is 12.4. The van der Waals surface area contributed by atoms with Crippen molar-refractivity contribution in [1.29, 1.82) is 0 Å². The van der Waals surface area contributed by atoms with E-state index in [2.05, 4.69) is 42.5 Å². The molecule has 2 N–H and O–H groups in total. The molecule has 0 saturated carbocycles. The highest BCUT2D eigenvalue weighted by atomic mass is 79.9. The Morgan fingerprint density at radius 2 is 1.62 bits per heavy atom. The molecule has 0 fully saturated rings. The highest BCUT2D eigenvalue weighted by Gasteiger charge is 2.09. The lowest BCUT2D eigenvalue weighted by Crippen LogP contribution is -2.23. The highest BCUT2D eigenvalue weighted by Crippen LogP contribution is 2.20. The van der Waals surface area contributed by atoms with Gasteiger partial charge in [-0.3, -0.25) is 9.59 Å². The Bertz CT molecular complexity index is 1110. The molecule has 3 aromatic carbocycles. The second-order valence-corrected chi connectivity index (χ2v) is 8.65. The van der Waals surface area contributed by atoms with Crippen molar-refractivity contribution in [3.63, 3.8) is 0 Å². The Balaban J connectivity index is 0.000000244. The van der Waals surface area contributed by atoms with Crippen LogP contribution in [0.5, 0.6) is 0 Å². The Kier molecular flexibility index (Phi) is 10.3. The van der Waals surface area contributed by atoms with Gasteiger partial charge in [-0.15, -0.1) is 0 Å². The summed E-state index contributed by atoms with van der Waals surface area (Å²) in [4.78, 5) is 23.2. The topological polar surface area (TPSA) is 58.2 Å². The number of rotatable bonds is 5. The third kappa shape index (κ3) is 8.00. The van der Waals surface area contributed by atoms with Crippen LogP contribution in [0.3, 0.4) is 0 Å². The summed E-state index contributed by atoms with van der Waals surface area (Å²) in [5.74, 6) is -1.77. The summed E-state index contributed by atoms with van der Waals surface area (Å²) in [6.07, 6.45) is 0. The zero-order valence-electron chi connectivity index (χ0n) is 16.9. The fourth-order valence-corrected chi connectivity index (χ4v) is 3.46. The molecule has 0 spiro atoms. The van der Waals surface area contributed by atoms with Crippen LogP contribution >= 0.6 is 43.5 Å². The Hall–Kier alpha value is -2.29. The molecule has 0 aliphatic rings. The van der Waals surface area contributed by atoms with Crippen LogP contribution in [0.25, 0.3) is 0 Å². The molecule has 4 nitrogen and oxygen atoms in total. The van der Waals surface area contributed by atoms with Crippen LogP contribution in [0, 0.1) is 11.6 Å². The van der Waals surface area contributed by atoms with Crippen molar-refractivity contribution >= 4 is 55.3 Å². The molecule has 0 aliphatic heterocycles. The van der Waals surface area contributed by atoms with E-state index in [1.807, 2.05) is 6.92 Å². The smallest absolute Gasteiger partial charge is 0.252 e. The Labute approximate surface area is 206 Å². The van der Waals surface area contributed by atoms with E-state index in [0.717, 1.165) is 21.1 Å². The molecule has 0 bridgehead atoms. The van der Waals surface area contributed by atoms with Crippen LogP contribution in [0.2, 0.25) is 5.02 Å². The molecule has 9 heteroatoms. The van der Waals surface area contributed by atoms with Crippen molar-refractivity contribution in [3.05, 3.63) is 103 Å². The number of carbonyl (C=O) groups excluding carboxylic acids is 2.